The van der Waals surface area contributed by atoms with E-state index in [9.17, 15) is 0 Å². The minimum absolute atomic E-state index is 0.629. The predicted molar refractivity (Wildman–Crippen MR) is 91.2 cm³/mol. The van der Waals surface area contributed by atoms with Crippen LogP contribution in [0.5, 0.6) is 0 Å². The zero-order valence-electron chi connectivity index (χ0n) is 14.5. The molecule has 0 aromatic rings. The van der Waals surface area contributed by atoms with Crippen LogP contribution >= 0.6 is 0 Å². The van der Waals surface area contributed by atoms with Gasteiger partial charge in [0.05, 0.1) is 0 Å². The average Bonchev–Trinajstić information content (AvgIpc) is 2.49. The number of hydrogen-bond acceptors (Lipinski definition) is 1. The van der Waals surface area contributed by atoms with Gasteiger partial charge in [0.15, 0.2) is 0 Å². The van der Waals surface area contributed by atoms with Crippen molar-refractivity contribution in [2.45, 2.75) is 97.8 Å². The summed E-state index contributed by atoms with van der Waals surface area (Å²) >= 11 is 0. The number of nitrogens with one attached hydrogen (secondary N) is 1. The summed E-state index contributed by atoms with van der Waals surface area (Å²) in [4.78, 5) is 0. The molecule has 1 saturated heterocycles. The fourth-order valence-electron chi connectivity index (χ4n) is 3.96. The number of unbranched alkanes of at least 4 members (excludes halogenated alkanes) is 6. The Morgan fingerprint density at radius 3 is 1.75 bits per heavy atom. The minimum Gasteiger partial charge on any atom is -0.317 e. The van der Waals surface area contributed by atoms with Gasteiger partial charge in [-0.15, -0.1) is 0 Å². The summed E-state index contributed by atoms with van der Waals surface area (Å²) in [5.41, 5.74) is 0.629. The van der Waals surface area contributed by atoms with Gasteiger partial charge in [0.2, 0.25) is 0 Å². The highest BCUT2D eigenvalue weighted by Crippen LogP contribution is 2.42. The molecule has 1 heteroatoms. The van der Waals surface area contributed by atoms with Crippen LogP contribution in [0.25, 0.3) is 0 Å². The second-order valence-corrected chi connectivity index (χ2v) is 7.30. The monoisotopic (exact) mass is 281 g/mol. The Balaban J connectivity index is 2.42. The van der Waals surface area contributed by atoms with E-state index in [1.54, 1.807) is 0 Å². The third-order valence-corrected chi connectivity index (χ3v) is 5.53. The van der Waals surface area contributed by atoms with Crippen LogP contribution in [0.15, 0.2) is 0 Å². The third kappa shape index (κ3) is 6.61. The zero-order chi connectivity index (χ0) is 14.7. The van der Waals surface area contributed by atoms with Crippen LogP contribution in [0.4, 0.5) is 0 Å². The van der Waals surface area contributed by atoms with Crippen molar-refractivity contribution < 1.29 is 0 Å². The van der Waals surface area contributed by atoms with Gasteiger partial charge in [-0.3, -0.25) is 0 Å². The second-order valence-electron chi connectivity index (χ2n) is 7.30. The lowest BCUT2D eigenvalue weighted by Crippen LogP contribution is -2.37. The number of rotatable bonds is 11. The van der Waals surface area contributed by atoms with E-state index in [-0.39, 0.29) is 0 Å². The first-order valence-electron chi connectivity index (χ1n) is 9.43. The Hall–Kier alpha value is -0.0400. The molecule has 20 heavy (non-hydrogen) atoms. The average molecular weight is 282 g/mol. The van der Waals surface area contributed by atoms with Crippen LogP contribution in [0.3, 0.4) is 0 Å². The molecule has 1 aliphatic rings. The summed E-state index contributed by atoms with van der Waals surface area (Å²) < 4.78 is 0. The van der Waals surface area contributed by atoms with Crippen molar-refractivity contribution >= 4 is 0 Å². The second kappa shape index (κ2) is 10.7. The van der Waals surface area contributed by atoms with Gasteiger partial charge >= 0.3 is 0 Å². The molecule has 0 unspecified atom stereocenters. The van der Waals surface area contributed by atoms with E-state index in [0.29, 0.717) is 5.41 Å². The molecule has 0 aromatic carbocycles. The third-order valence-electron chi connectivity index (χ3n) is 5.53. The van der Waals surface area contributed by atoms with E-state index >= 15 is 0 Å². The van der Waals surface area contributed by atoms with Crippen LogP contribution in [-0.4, -0.2) is 13.1 Å². The van der Waals surface area contributed by atoms with Gasteiger partial charge in [0, 0.05) is 0 Å². The van der Waals surface area contributed by atoms with Crippen molar-refractivity contribution in [3.8, 4) is 0 Å². The Kier molecular flexibility index (Phi) is 9.59. The highest BCUT2D eigenvalue weighted by Gasteiger charge is 2.33. The Bertz CT molecular complexity index is 206. The molecule has 1 heterocycles. The van der Waals surface area contributed by atoms with Gasteiger partial charge in [0.1, 0.15) is 0 Å². The molecule has 1 fully saturated rings. The molecule has 0 amide bonds. The van der Waals surface area contributed by atoms with Crippen molar-refractivity contribution in [2.75, 3.05) is 13.1 Å². The van der Waals surface area contributed by atoms with Gasteiger partial charge in [-0.05, 0) is 50.1 Å². The summed E-state index contributed by atoms with van der Waals surface area (Å²) in [6.45, 7) is 9.75. The molecule has 1 aliphatic heterocycles. The van der Waals surface area contributed by atoms with Crippen molar-refractivity contribution in [1.82, 2.24) is 5.32 Å². The van der Waals surface area contributed by atoms with E-state index in [0.717, 1.165) is 5.92 Å². The standard InChI is InChI=1S/C19H39N/c1-4-6-8-10-14-19(3,15-11-9-7-5-2)18-12-16-20-17-13-18/h18,20H,4-17H2,1-3H3. The van der Waals surface area contributed by atoms with Crippen molar-refractivity contribution in [3.63, 3.8) is 0 Å². The first-order valence-corrected chi connectivity index (χ1v) is 9.43. The van der Waals surface area contributed by atoms with Crippen molar-refractivity contribution in [3.05, 3.63) is 0 Å². The molecule has 120 valence electrons. The maximum Gasteiger partial charge on any atom is -0.00461 e. The largest absolute Gasteiger partial charge is 0.317 e. The van der Waals surface area contributed by atoms with Gasteiger partial charge in [-0.1, -0.05) is 72.1 Å². The highest BCUT2D eigenvalue weighted by atomic mass is 14.9. The first-order chi connectivity index (χ1) is 9.73. The minimum atomic E-state index is 0.629. The molecular formula is C19H39N. The maximum absolute atomic E-state index is 3.54. The molecule has 1 rings (SSSR count). The fourth-order valence-corrected chi connectivity index (χ4v) is 3.96. The molecule has 0 saturated carbocycles. The zero-order valence-corrected chi connectivity index (χ0v) is 14.5. The van der Waals surface area contributed by atoms with Crippen molar-refractivity contribution in [1.29, 1.82) is 0 Å². The van der Waals surface area contributed by atoms with Gasteiger partial charge in [-0.2, -0.15) is 0 Å². The predicted octanol–water partition coefficient (Wildman–Crippen LogP) is 5.93. The first kappa shape index (κ1) is 18.0. The fraction of sp³-hybridized carbons (Fsp3) is 1.00. The van der Waals surface area contributed by atoms with E-state index in [4.69, 9.17) is 0 Å². The molecule has 0 aliphatic carbocycles. The van der Waals surface area contributed by atoms with Crippen molar-refractivity contribution in [2.24, 2.45) is 11.3 Å². The summed E-state index contributed by atoms with van der Waals surface area (Å²) in [6.07, 6.45) is 17.2. The summed E-state index contributed by atoms with van der Waals surface area (Å²) in [7, 11) is 0. The van der Waals surface area contributed by atoms with Crippen LogP contribution in [0.2, 0.25) is 0 Å². The molecule has 0 radical (unpaired) electrons. The lowest BCUT2D eigenvalue weighted by molar-refractivity contribution is 0.111. The number of piperidine rings is 1. The maximum atomic E-state index is 3.54. The molecule has 1 nitrogen and oxygen atoms in total. The highest BCUT2D eigenvalue weighted by molar-refractivity contribution is 4.85. The quantitative estimate of drug-likeness (QED) is 0.463. The Labute approximate surface area is 128 Å². The van der Waals surface area contributed by atoms with E-state index < -0.39 is 0 Å². The van der Waals surface area contributed by atoms with Gasteiger partial charge in [0.25, 0.3) is 0 Å². The van der Waals surface area contributed by atoms with E-state index in [1.165, 1.54) is 90.1 Å². The Morgan fingerprint density at radius 1 is 0.800 bits per heavy atom. The van der Waals surface area contributed by atoms with Crippen LogP contribution < -0.4 is 5.32 Å². The molecule has 0 aromatic heterocycles. The van der Waals surface area contributed by atoms with Gasteiger partial charge < -0.3 is 5.32 Å². The van der Waals surface area contributed by atoms with E-state index in [2.05, 4.69) is 26.1 Å². The molecular weight excluding hydrogens is 242 g/mol. The summed E-state index contributed by atoms with van der Waals surface area (Å²) in [5, 5.41) is 3.54. The smallest absolute Gasteiger partial charge is 0.00461 e. The molecule has 1 N–H and O–H groups in total. The van der Waals surface area contributed by atoms with E-state index in [1.807, 2.05) is 0 Å². The summed E-state index contributed by atoms with van der Waals surface area (Å²) in [6, 6.07) is 0. The molecule has 0 spiro atoms. The van der Waals surface area contributed by atoms with Crippen LogP contribution in [0, 0.1) is 11.3 Å². The van der Waals surface area contributed by atoms with Crippen LogP contribution in [-0.2, 0) is 0 Å². The topological polar surface area (TPSA) is 12.0 Å². The number of hydrogen-bond donors (Lipinski definition) is 1. The summed E-state index contributed by atoms with van der Waals surface area (Å²) in [5.74, 6) is 0.979. The van der Waals surface area contributed by atoms with Gasteiger partial charge in [-0.25, -0.2) is 0 Å². The normalized spacial score (nSPS) is 17.6. The lowest BCUT2D eigenvalue weighted by atomic mass is 9.67. The lowest BCUT2D eigenvalue weighted by Gasteiger charge is -2.41. The molecule has 0 atom stereocenters. The molecule has 0 bridgehead atoms. The Morgan fingerprint density at radius 2 is 1.30 bits per heavy atom. The SMILES string of the molecule is CCCCCCC(C)(CCCCCC)C1CCNCC1. The van der Waals surface area contributed by atoms with Crippen LogP contribution in [0.1, 0.15) is 97.8 Å².